The molecule has 0 saturated carbocycles. The van der Waals surface area contributed by atoms with Crippen LogP contribution in [0, 0.1) is 0 Å². The summed E-state index contributed by atoms with van der Waals surface area (Å²) in [5.74, 6) is -0.0120. The second kappa shape index (κ2) is 8.17. The highest BCUT2D eigenvalue weighted by molar-refractivity contribution is 5.95. The Bertz CT molecular complexity index is 990. The van der Waals surface area contributed by atoms with Gasteiger partial charge in [0.25, 0.3) is 5.91 Å². The molecule has 1 aliphatic carbocycles. The Morgan fingerprint density at radius 1 is 1.00 bits per heavy atom. The van der Waals surface area contributed by atoms with E-state index in [1.807, 2.05) is 48.7 Å². The van der Waals surface area contributed by atoms with E-state index in [4.69, 9.17) is 0 Å². The van der Waals surface area contributed by atoms with Gasteiger partial charge in [-0.2, -0.15) is 0 Å². The third-order valence-corrected chi connectivity index (χ3v) is 5.17. The number of allylic oxidation sites excluding steroid dienone is 1. The lowest BCUT2D eigenvalue weighted by Crippen LogP contribution is -2.24. The van der Waals surface area contributed by atoms with E-state index in [9.17, 15) is 4.79 Å². The average molecular weight is 356 g/mol. The largest absolute Gasteiger partial charge is 0.352 e. The second-order valence-corrected chi connectivity index (χ2v) is 7.11. The van der Waals surface area contributed by atoms with Gasteiger partial charge >= 0.3 is 0 Å². The number of benzene rings is 2. The van der Waals surface area contributed by atoms with Crippen molar-refractivity contribution in [1.29, 1.82) is 0 Å². The summed E-state index contributed by atoms with van der Waals surface area (Å²) in [5.41, 5.74) is 5.19. The lowest BCUT2D eigenvalue weighted by atomic mass is 9.97. The molecule has 1 heterocycles. The Hall–Kier alpha value is -2.94. The topological polar surface area (TPSA) is 42.0 Å². The van der Waals surface area contributed by atoms with Crippen LogP contribution in [0.3, 0.4) is 0 Å². The van der Waals surface area contributed by atoms with E-state index in [1.165, 1.54) is 31.3 Å². The zero-order valence-electron chi connectivity index (χ0n) is 15.4. The third kappa shape index (κ3) is 4.25. The Kier molecular flexibility index (Phi) is 5.29. The molecule has 2 aromatic carbocycles. The fourth-order valence-electron chi connectivity index (χ4n) is 3.64. The fraction of sp³-hybridized carbons (Fsp3) is 0.250. The predicted octanol–water partition coefficient (Wildman–Crippen LogP) is 5.52. The van der Waals surface area contributed by atoms with Gasteiger partial charge in [-0.05, 0) is 61.9 Å². The van der Waals surface area contributed by atoms with E-state index < -0.39 is 0 Å². The Morgan fingerprint density at radius 2 is 1.93 bits per heavy atom. The third-order valence-electron chi connectivity index (χ3n) is 5.17. The van der Waals surface area contributed by atoms with Gasteiger partial charge < -0.3 is 5.32 Å². The van der Waals surface area contributed by atoms with Crippen LogP contribution in [-0.2, 0) is 0 Å². The van der Waals surface area contributed by atoms with Crippen LogP contribution in [-0.4, -0.2) is 17.4 Å². The molecule has 1 amide bonds. The Balaban J connectivity index is 1.46. The van der Waals surface area contributed by atoms with E-state index >= 15 is 0 Å². The van der Waals surface area contributed by atoms with Crippen LogP contribution in [0.1, 0.15) is 42.5 Å². The minimum Gasteiger partial charge on any atom is -0.352 e. The van der Waals surface area contributed by atoms with Gasteiger partial charge in [0.05, 0.1) is 5.52 Å². The predicted molar refractivity (Wildman–Crippen MR) is 111 cm³/mol. The average Bonchev–Trinajstić information content (AvgIpc) is 2.74. The van der Waals surface area contributed by atoms with E-state index in [2.05, 4.69) is 28.5 Å². The molecule has 0 fully saturated rings. The molecule has 4 rings (SSSR count). The number of fused-ring (bicyclic) bond motifs is 1. The van der Waals surface area contributed by atoms with Gasteiger partial charge in [-0.25, -0.2) is 0 Å². The molecule has 0 aliphatic heterocycles. The van der Waals surface area contributed by atoms with Crippen LogP contribution in [0.25, 0.3) is 22.0 Å². The lowest BCUT2D eigenvalue weighted by Gasteiger charge is -2.13. The number of aromatic nitrogens is 1. The summed E-state index contributed by atoms with van der Waals surface area (Å²) in [6.07, 6.45) is 10.1. The first-order valence-electron chi connectivity index (χ1n) is 9.71. The molecule has 0 saturated heterocycles. The molecule has 0 spiro atoms. The number of nitrogens with zero attached hydrogens (tertiary/aromatic N) is 1. The molecule has 0 bridgehead atoms. The molecule has 3 heteroatoms. The van der Waals surface area contributed by atoms with Gasteiger partial charge in [-0.3, -0.25) is 9.78 Å². The zero-order chi connectivity index (χ0) is 18.5. The molecule has 1 aliphatic rings. The van der Waals surface area contributed by atoms with Gasteiger partial charge in [0, 0.05) is 29.3 Å². The summed E-state index contributed by atoms with van der Waals surface area (Å²) in [6.45, 7) is 0.701. The number of carbonyl (C=O) groups is 1. The SMILES string of the molecule is O=C(NCCC1=CCCCC1)c1cccc(-c2cnc3ccccc3c2)c1. The van der Waals surface area contributed by atoms with Crippen molar-refractivity contribution in [3.05, 3.63) is 78.0 Å². The highest BCUT2D eigenvalue weighted by Crippen LogP contribution is 2.24. The molecule has 0 unspecified atom stereocenters. The summed E-state index contributed by atoms with van der Waals surface area (Å²) < 4.78 is 0. The maximum Gasteiger partial charge on any atom is 0.251 e. The van der Waals surface area contributed by atoms with Gasteiger partial charge in [0.2, 0.25) is 0 Å². The van der Waals surface area contributed by atoms with E-state index in [0.29, 0.717) is 12.1 Å². The molecule has 3 aromatic rings. The fourth-order valence-corrected chi connectivity index (χ4v) is 3.64. The minimum absolute atomic E-state index is 0.0120. The van der Waals surface area contributed by atoms with Crippen LogP contribution in [0.5, 0.6) is 0 Å². The van der Waals surface area contributed by atoms with Crippen molar-refractivity contribution in [2.24, 2.45) is 0 Å². The van der Waals surface area contributed by atoms with Crippen molar-refractivity contribution in [2.45, 2.75) is 32.1 Å². The number of hydrogen-bond donors (Lipinski definition) is 1. The smallest absolute Gasteiger partial charge is 0.251 e. The second-order valence-electron chi connectivity index (χ2n) is 7.11. The van der Waals surface area contributed by atoms with Crippen molar-refractivity contribution in [3.8, 4) is 11.1 Å². The van der Waals surface area contributed by atoms with Crippen molar-refractivity contribution in [1.82, 2.24) is 10.3 Å². The van der Waals surface area contributed by atoms with Crippen LogP contribution in [0.15, 0.2) is 72.4 Å². The molecule has 1 aromatic heterocycles. The van der Waals surface area contributed by atoms with Crippen LogP contribution < -0.4 is 5.32 Å². The summed E-state index contributed by atoms with van der Waals surface area (Å²) in [5, 5.41) is 4.16. The molecule has 0 atom stereocenters. The number of hydrogen-bond acceptors (Lipinski definition) is 2. The molecular formula is C24H24N2O. The van der Waals surface area contributed by atoms with Gasteiger partial charge in [0.1, 0.15) is 0 Å². The Labute approximate surface area is 160 Å². The first kappa shape index (κ1) is 17.5. The highest BCUT2D eigenvalue weighted by Gasteiger charge is 2.09. The van der Waals surface area contributed by atoms with Crippen molar-refractivity contribution in [3.63, 3.8) is 0 Å². The van der Waals surface area contributed by atoms with E-state index in [1.54, 1.807) is 0 Å². The molecular weight excluding hydrogens is 332 g/mol. The molecule has 3 nitrogen and oxygen atoms in total. The van der Waals surface area contributed by atoms with Crippen molar-refractivity contribution in [2.75, 3.05) is 6.54 Å². The maximum atomic E-state index is 12.5. The van der Waals surface area contributed by atoms with Crippen molar-refractivity contribution >= 4 is 16.8 Å². The summed E-state index contributed by atoms with van der Waals surface area (Å²) in [7, 11) is 0. The Morgan fingerprint density at radius 3 is 2.81 bits per heavy atom. The number of rotatable bonds is 5. The normalized spacial score (nSPS) is 14.0. The lowest BCUT2D eigenvalue weighted by molar-refractivity contribution is 0.0954. The van der Waals surface area contributed by atoms with Crippen LogP contribution in [0.2, 0.25) is 0 Å². The monoisotopic (exact) mass is 356 g/mol. The standard InChI is InChI=1S/C24H24N2O/c27-24(25-14-13-18-7-2-1-3-8-18)21-11-6-10-19(15-21)22-16-20-9-4-5-12-23(20)26-17-22/h4-7,9-12,15-17H,1-3,8,13-14H2,(H,25,27). The van der Waals surface area contributed by atoms with Crippen LogP contribution >= 0.6 is 0 Å². The van der Waals surface area contributed by atoms with Crippen molar-refractivity contribution < 1.29 is 4.79 Å². The van der Waals surface area contributed by atoms with Crippen LogP contribution in [0.4, 0.5) is 0 Å². The van der Waals surface area contributed by atoms with Gasteiger partial charge in [0.15, 0.2) is 0 Å². The molecule has 1 N–H and O–H groups in total. The number of carbonyl (C=O) groups excluding carboxylic acids is 1. The number of nitrogens with one attached hydrogen (secondary N) is 1. The first-order chi connectivity index (χ1) is 13.3. The zero-order valence-corrected chi connectivity index (χ0v) is 15.4. The van der Waals surface area contributed by atoms with Gasteiger partial charge in [-0.15, -0.1) is 0 Å². The number of pyridine rings is 1. The highest BCUT2D eigenvalue weighted by atomic mass is 16.1. The quantitative estimate of drug-likeness (QED) is 0.611. The minimum atomic E-state index is -0.0120. The maximum absolute atomic E-state index is 12.5. The molecule has 27 heavy (non-hydrogen) atoms. The van der Waals surface area contributed by atoms with Gasteiger partial charge in [-0.1, -0.05) is 42.0 Å². The van der Waals surface area contributed by atoms with E-state index in [0.717, 1.165) is 28.5 Å². The summed E-state index contributed by atoms with van der Waals surface area (Å²) in [6, 6.07) is 18.0. The molecule has 136 valence electrons. The molecule has 0 radical (unpaired) electrons. The summed E-state index contributed by atoms with van der Waals surface area (Å²) in [4.78, 5) is 17.1. The van der Waals surface area contributed by atoms with E-state index in [-0.39, 0.29) is 5.91 Å². The summed E-state index contributed by atoms with van der Waals surface area (Å²) >= 11 is 0. The number of para-hydroxylation sites is 1. The number of amides is 1. The first-order valence-corrected chi connectivity index (χ1v) is 9.71.